The maximum Gasteiger partial charge on any atom is 0.240 e. The number of aromatic amines is 1. The van der Waals surface area contributed by atoms with Crippen molar-refractivity contribution >= 4 is 17.5 Å². The lowest BCUT2D eigenvalue weighted by atomic mass is 10.1. The number of halogens is 1. The smallest absolute Gasteiger partial charge is 0.240 e. The number of tetrazole rings is 1. The Balaban J connectivity index is 1.31. The minimum Gasteiger partial charge on any atom is -0.490 e. The Kier molecular flexibility index (Phi) is 5.41. The fourth-order valence-corrected chi connectivity index (χ4v) is 3.98. The van der Waals surface area contributed by atoms with Crippen LogP contribution < -0.4 is 10.1 Å². The zero-order chi connectivity index (χ0) is 19.5. The summed E-state index contributed by atoms with van der Waals surface area (Å²) in [5, 5.41) is 26.8. The summed E-state index contributed by atoms with van der Waals surface area (Å²) in [6.45, 7) is 1.07. The van der Waals surface area contributed by atoms with E-state index in [1.165, 1.54) is 0 Å². The standard InChI is InChI=1S/C18H20ClN7O2/c19-14-8-11(17-22-24-25-23-17)3-6-16(14)28-10-12-4-5-15(21-12)18(27)26-7-1-2-13(26)9-20/h3,6,8,12-13,15,21H,1-2,4-5,7,10H2,(H,22,23,24,25)/t12?,13-,15-/m0/s1. The number of carbonyl (C=O) groups is 1. The topological polar surface area (TPSA) is 120 Å². The van der Waals surface area contributed by atoms with Gasteiger partial charge in [-0.2, -0.15) is 10.5 Å². The Bertz CT molecular complexity index is 883. The van der Waals surface area contributed by atoms with E-state index >= 15 is 0 Å². The first-order valence-corrected chi connectivity index (χ1v) is 9.66. The Morgan fingerprint density at radius 3 is 3.04 bits per heavy atom. The molecule has 3 atom stereocenters. The number of hydrogen-bond donors (Lipinski definition) is 2. The summed E-state index contributed by atoms with van der Waals surface area (Å²) in [6.07, 6.45) is 3.23. The molecule has 28 heavy (non-hydrogen) atoms. The molecule has 2 N–H and O–H groups in total. The van der Waals surface area contributed by atoms with E-state index < -0.39 is 0 Å². The summed E-state index contributed by atoms with van der Waals surface area (Å²) in [5.74, 6) is 1.05. The molecular formula is C18H20ClN7O2. The summed E-state index contributed by atoms with van der Waals surface area (Å²) in [6, 6.07) is 7.05. The number of nitrogens with zero attached hydrogens (tertiary/aromatic N) is 5. The van der Waals surface area contributed by atoms with Crippen molar-refractivity contribution in [2.75, 3.05) is 13.2 Å². The van der Waals surface area contributed by atoms with Crippen LogP contribution in [0.3, 0.4) is 0 Å². The number of amides is 1. The van der Waals surface area contributed by atoms with E-state index in [2.05, 4.69) is 32.0 Å². The molecule has 1 amide bonds. The van der Waals surface area contributed by atoms with Crippen molar-refractivity contribution < 1.29 is 9.53 Å². The number of nitrogens with one attached hydrogen (secondary N) is 2. The van der Waals surface area contributed by atoms with Gasteiger partial charge in [0.2, 0.25) is 11.7 Å². The van der Waals surface area contributed by atoms with Crippen LogP contribution in [-0.4, -0.2) is 62.7 Å². The molecule has 1 aromatic carbocycles. The molecular weight excluding hydrogens is 382 g/mol. The van der Waals surface area contributed by atoms with E-state index in [1.54, 1.807) is 17.0 Å². The third-order valence-electron chi connectivity index (χ3n) is 5.20. The summed E-state index contributed by atoms with van der Waals surface area (Å²) in [5.41, 5.74) is 0.744. The number of nitriles is 1. The monoisotopic (exact) mass is 401 g/mol. The van der Waals surface area contributed by atoms with Crippen molar-refractivity contribution in [3.63, 3.8) is 0 Å². The molecule has 0 saturated carbocycles. The maximum absolute atomic E-state index is 12.7. The van der Waals surface area contributed by atoms with Crippen LogP contribution in [0.2, 0.25) is 5.02 Å². The second-order valence-corrected chi connectivity index (χ2v) is 7.41. The molecule has 0 radical (unpaired) electrons. The van der Waals surface area contributed by atoms with Gasteiger partial charge in [-0.1, -0.05) is 11.6 Å². The molecule has 0 aliphatic carbocycles. The van der Waals surface area contributed by atoms with Gasteiger partial charge in [0.15, 0.2) is 0 Å². The number of rotatable bonds is 5. The second kappa shape index (κ2) is 8.12. The van der Waals surface area contributed by atoms with E-state index in [-0.39, 0.29) is 24.0 Å². The first kappa shape index (κ1) is 18.7. The molecule has 2 saturated heterocycles. The van der Waals surface area contributed by atoms with Gasteiger partial charge in [-0.25, -0.2) is 0 Å². The quantitative estimate of drug-likeness (QED) is 0.779. The fourth-order valence-electron chi connectivity index (χ4n) is 3.74. The zero-order valence-corrected chi connectivity index (χ0v) is 15.9. The average molecular weight is 402 g/mol. The number of H-pyrrole nitrogens is 1. The predicted octanol–water partition coefficient (Wildman–Crippen LogP) is 1.53. The molecule has 146 valence electrons. The summed E-state index contributed by atoms with van der Waals surface area (Å²) < 4.78 is 5.85. The third-order valence-corrected chi connectivity index (χ3v) is 5.49. The van der Waals surface area contributed by atoms with Gasteiger partial charge in [-0.3, -0.25) is 10.1 Å². The van der Waals surface area contributed by atoms with Crippen molar-refractivity contribution in [2.45, 2.75) is 43.8 Å². The number of ether oxygens (including phenoxy) is 1. The summed E-state index contributed by atoms with van der Waals surface area (Å²) in [4.78, 5) is 14.4. The Labute approximate surface area is 167 Å². The molecule has 0 spiro atoms. The lowest BCUT2D eigenvalue weighted by Crippen LogP contribution is -2.47. The van der Waals surface area contributed by atoms with Gasteiger partial charge in [0.25, 0.3) is 0 Å². The number of hydrogen-bond acceptors (Lipinski definition) is 7. The molecule has 0 bridgehead atoms. The molecule has 2 aliphatic heterocycles. The van der Waals surface area contributed by atoms with Crippen LogP contribution in [0, 0.1) is 11.3 Å². The fraction of sp³-hybridized carbons (Fsp3) is 0.500. The normalized spacial score (nSPS) is 24.3. The average Bonchev–Trinajstić information content (AvgIpc) is 3.47. The van der Waals surface area contributed by atoms with E-state index in [4.69, 9.17) is 16.3 Å². The minimum absolute atomic E-state index is 0.0223. The Morgan fingerprint density at radius 2 is 2.29 bits per heavy atom. The molecule has 1 unspecified atom stereocenters. The molecule has 9 nitrogen and oxygen atoms in total. The first-order valence-electron chi connectivity index (χ1n) is 9.28. The highest BCUT2D eigenvalue weighted by atomic mass is 35.5. The maximum atomic E-state index is 12.7. The predicted molar refractivity (Wildman–Crippen MR) is 100 cm³/mol. The lowest BCUT2D eigenvalue weighted by Gasteiger charge is -2.24. The van der Waals surface area contributed by atoms with Crippen LogP contribution in [0.15, 0.2) is 18.2 Å². The SMILES string of the molecule is N#C[C@@H]1CCCN1C(=O)[C@@H]1CCC(COc2ccc(-c3nn[nH]n3)cc2Cl)N1. The molecule has 2 aromatic rings. The van der Waals surface area contributed by atoms with Crippen LogP contribution in [0.1, 0.15) is 25.7 Å². The van der Waals surface area contributed by atoms with Crippen LogP contribution >= 0.6 is 11.6 Å². The molecule has 1 aromatic heterocycles. The first-order chi connectivity index (χ1) is 13.7. The molecule has 2 aliphatic rings. The van der Waals surface area contributed by atoms with Gasteiger partial charge in [0.05, 0.1) is 17.1 Å². The third kappa shape index (κ3) is 3.79. The van der Waals surface area contributed by atoms with Gasteiger partial charge < -0.3 is 9.64 Å². The highest BCUT2D eigenvalue weighted by molar-refractivity contribution is 6.32. The van der Waals surface area contributed by atoms with Crippen LogP contribution in [0.5, 0.6) is 5.75 Å². The Morgan fingerprint density at radius 1 is 1.39 bits per heavy atom. The van der Waals surface area contributed by atoms with Crippen molar-refractivity contribution in [3.05, 3.63) is 23.2 Å². The van der Waals surface area contributed by atoms with Crippen LogP contribution in [0.25, 0.3) is 11.4 Å². The minimum atomic E-state index is -0.291. The lowest BCUT2D eigenvalue weighted by molar-refractivity contribution is -0.133. The van der Waals surface area contributed by atoms with Crippen molar-refractivity contribution in [1.82, 2.24) is 30.8 Å². The second-order valence-electron chi connectivity index (χ2n) is 7.00. The van der Waals surface area contributed by atoms with Crippen LogP contribution in [0.4, 0.5) is 0 Å². The largest absolute Gasteiger partial charge is 0.490 e. The van der Waals surface area contributed by atoms with Gasteiger partial charge in [0, 0.05) is 18.2 Å². The van der Waals surface area contributed by atoms with E-state index in [0.29, 0.717) is 29.7 Å². The van der Waals surface area contributed by atoms with E-state index in [1.807, 2.05) is 6.07 Å². The Hall–Kier alpha value is -2.70. The molecule has 3 heterocycles. The highest BCUT2D eigenvalue weighted by Gasteiger charge is 2.37. The van der Waals surface area contributed by atoms with E-state index in [0.717, 1.165) is 31.2 Å². The van der Waals surface area contributed by atoms with E-state index in [9.17, 15) is 10.1 Å². The number of aromatic nitrogens is 4. The van der Waals surface area contributed by atoms with Crippen molar-refractivity contribution in [3.8, 4) is 23.2 Å². The molecule has 2 fully saturated rings. The molecule has 4 rings (SSSR count). The highest BCUT2D eigenvalue weighted by Crippen LogP contribution is 2.29. The summed E-state index contributed by atoms with van der Waals surface area (Å²) in [7, 11) is 0. The number of carbonyl (C=O) groups excluding carboxylic acids is 1. The number of likely N-dealkylation sites (tertiary alicyclic amines) is 1. The summed E-state index contributed by atoms with van der Waals surface area (Å²) >= 11 is 6.31. The van der Waals surface area contributed by atoms with Gasteiger partial charge >= 0.3 is 0 Å². The zero-order valence-electron chi connectivity index (χ0n) is 15.1. The molecule has 10 heteroatoms. The number of benzene rings is 1. The van der Waals surface area contributed by atoms with Crippen molar-refractivity contribution in [2.24, 2.45) is 0 Å². The van der Waals surface area contributed by atoms with Gasteiger partial charge in [-0.05, 0) is 49.1 Å². The van der Waals surface area contributed by atoms with Gasteiger partial charge in [0.1, 0.15) is 18.4 Å². The van der Waals surface area contributed by atoms with Crippen LogP contribution in [-0.2, 0) is 4.79 Å². The van der Waals surface area contributed by atoms with Gasteiger partial charge in [-0.15, -0.1) is 10.2 Å². The van der Waals surface area contributed by atoms with Crippen molar-refractivity contribution in [1.29, 1.82) is 5.26 Å².